The third kappa shape index (κ3) is 3.15. The lowest BCUT2D eigenvalue weighted by atomic mass is 9.57. The molecule has 0 bridgehead atoms. The van der Waals surface area contributed by atoms with Gasteiger partial charge in [-0.1, -0.05) is 18.7 Å². The second-order valence-electron chi connectivity index (χ2n) is 5.31. The summed E-state index contributed by atoms with van der Waals surface area (Å²) in [6.07, 6.45) is 5.36. The molecule has 116 valence electrons. The van der Waals surface area contributed by atoms with Crippen LogP contribution in [-0.4, -0.2) is 34.7 Å². The molecule has 0 radical (unpaired) electrons. The van der Waals surface area contributed by atoms with Crippen LogP contribution in [0.5, 0.6) is 0 Å². The molecule has 0 fully saturated rings. The zero-order valence-corrected chi connectivity index (χ0v) is 12.0. The minimum Gasteiger partial charge on any atom is -0.481 e. The summed E-state index contributed by atoms with van der Waals surface area (Å²) in [6, 6.07) is 0. The van der Waals surface area contributed by atoms with E-state index in [9.17, 15) is 24.6 Å². The average molecular weight is 296 g/mol. The molecule has 0 saturated heterocycles. The summed E-state index contributed by atoms with van der Waals surface area (Å²) in [5.41, 5.74) is -2.87. The van der Waals surface area contributed by atoms with Gasteiger partial charge in [0.25, 0.3) is 0 Å². The summed E-state index contributed by atoms with van der Waals surface area (Å²) in [7, 11) is 0. The van der Waals surface area contributed by atoms with E-state index >= 15 is 0 Å². The molecular weight excluding hydrogens is 276 g/mol. The number of ether oxygens (including phenoxy) is 1. The monoisotopic (exact) mass is 296 g/mol. The van der Waals surface area contributed by atoms with Gasteiger partial charge in [-0.3, -0.25) is 9.59 Å². The number of allylic oxidation sites excluding steroid dienone is 1. The minimum absolute atomic E-state index is 0.0410. The molecule has 0 aromatic heterocycles. The van der Waals surface area contributed by atoms with E-state index < -0.39 is 28.7 Å². The molecule has 6 nitrogen and oxygen atoms in total. The number of aliphatic carboxylic acids is 2. The molecule has 0 aromatic carbocycles. The van der Waals surface area contributed by atoms with Gasteiger partial charge in [-0.15, -0.1) is 0 Å². The largest absolute Gasteiger partial charge is 0.481 e. The average Bonchev–Trinajstić information content (AvgIpc) is 2.44. The first kappa shape index (κ1) is 16.9. The van der Waals surface area contributed by atoms with Gasteiger partial charge in [0.05, 0.1) is 17.4 Å². The summed E-state index contributed by atoms with van der Waals surface area (Å²) in [5.74, 6) is -2.88. The number of carboxylic acids is 2. The highest BCUT2D eigenvalue weighted by atomic mass is 16.5. The normalized spacial score (nSPS) is 27.9. The van der Waals surface area contributed by atoms with E-state index in [0.29, 0.717) is 6.42 Å². The Hall–Kier alpha value is -2.11. The maximum Gasteiger partial charge on any atom is 0.330 e. The molecular formula is C15H20O6. The van der Waals surface area contributed by atoms with Crippen LogP contribution in [0.3, 0.4) is 0 Å². The molecule has 2 unspecified atom stereocenters. The summed E-state index contributed by atoms with van der Waals surface area (Å²) in [5, 5.41) is 19.1. The van der Waals surface area contributed by atoms with Crippen molar-refractivity contribution in [1.29, 1.82) is 0 Å². The molecule has 0 amide bonds. The van der Waals surface area contributed by atoms with Crippen molar-refractivity contribution in [3.05, 3.63) is 24.8 Å². The van der Waals surface area contributed by atoms with Crippen molar-refractivity contribution >= 4 is 17.9 Å². The molecule has 1 aliphatic rings. The van der Waals surface area contributed by atoms with Crippen molar-refractivity contribution in [2.45, 2.75) is 32.6 Å². The van der Waals surface area contributed by atoms with Gasteiger partial charge in [0.2, 0.25) is 0 Å². The first-order chi connectivity index (χ1) is 9.80. The van der Waals surface area contributed by atoms with Crippen LogP contribution in [0.2, 0.25) is 0 Å². The first-order valence-electron chi connectivity index (χ1n) is 6.74. The third-order valence-electron chi connectivity index (χ3n) is 4.20. The minimum atomic E-state index is -1.47. The van der Waals surface area contributed by atoms with Crippen LogP contribution in [0.4, 0.5) is 0 Å². The molecule has 2 atom stereocenters. The second-order valence-corrected chi connectivity index (χ2v) is 5.31. The van der Waals surface area contributed by atoms with Gasteiger partial charge in [0.1, 0.15) is 0 Å². The van der Waals surface area contributed by atoms with E-state index in [2.05, 4.69) is 6.58 Å². The molecule has 2 N–H and O–H groups in total. The molecule has 0 aromatic rings. The van der Waals surface area contributed by atoms with Crippen molar-refractivity contribution in [1.82, 2.24) is 0 Å². The number of carbonyl (C=O) groups excluding carboxylic acids is 1. The van der Waals surface area contributed by atoms with Gasteiger partial charge in [-0.25, -0.2) is 4.79 Å². The molecule has 0 aliphatic heterocycles. The Bertz CT molecular complexity index is 481. The fourth-order valence-electron chi connectivity index (χ4n) is 2.77. The molecule has 0 spiro atoms. The topological polar surface area (TPSA) is 101 Å². The van der Waals surface area contributed by atoms with Crippen LogP contribution in [-0.2, 0) is 19.1 Å². The Labute approximate surface area is 123 Å². The maximum atomic E-state index is 11.8. The lowest BCUT2D eigenvalue weighted by Gasteiger charge is -2.43. The number of hydrogen-bond donors (Lipinski definition) is 2. The van der Waals surface area contributed by atoms with E-state index in [1.807, 2.05) is 0 Å². The number of hydrogen-bond acceptors (Lipinski definition) is 4. The van der Waals surface area contributed by atoms with Crippen molar-refractivity contribution < 1.29 is 29.3 Å². The third-order valence-corrected chi connectivity index (χ3v) is 4.20. The lowest BCUT2D eigenvalue weighted by Crippen LogP contribution is -2.51. The fourth-order valence-corrected chi connectivity index (χ4v) is 2.77. The van der Waals surface area contributed by atoms with Crippen molar-refractivity contribution in [3.8, 4) is 0 Å². The number of rotatable bonds is 7. The second kappa shape index (κ2) is 6.56. The van der Waals surface area contributed by atoms with Crippen LogP contribution < -0.4 is 0 Å². The van der Waals surface area contributed by atoms with Crippen LogP contribution in [0.15, 0.2) is 24.8 Å². The summed E-state index contributed by atoms with van der Waals surface area (Å²) >= 11 is 0. The van der Waals surface area contributed by atoms with E-state index in [1.165, 1.54) is 13.0 Å². The molecule has 6 heteroatoms. The summed E-state index contributed by atoms with van der Waals surface area (Å²) in [6.45, 7) is 4.73. The SMILES string of the molecule is C=CC(=O)OCCCC1(C(=O)O)CCC=CC1(C)C(=O)O. The van der Waals surface area contributed by atoms with Gasteiger partial charge in [0.15, 0.2) is 0 Å². The highest BCUT2D eigenvalue weighted by molar-refractivity contribution is 5.88. The predicted molar refractivity (Wildman–Crippen MR) is 74.6 cm³/mol. The van der Waals surface area contributed by atoms with Gasteiger partial charge < -0.3 is 14.9 Å². The zero-order valence-electron chi connectivity index (χ0n) is 12.0. The van der Waals surface area contributed by atoms with Crippen molar-refractivity contribution in [2.24, 2.45) is 10.8 Å². The number of esters is 1. The van der Waals surface area contributed by atoms with E-state index in [4.69, 9.17) is 4.74 Å². The zero-order chi connectivity index (χ0) is 16.1. The van der Waals surface area contributed by atoms with Gasteiger partial charge >= 0.3 is 17.9 Å². The fraction of sp³-hybridized carbons (Fsp3) is 0.533. The first-order valence-corrected chi connectivity index (χ1v) is 6.74. The van der Waals surface area contributed by atoms with E-state index in [-0.39, 0.29) is 25.9 Å². The number of carboxylic acid groups (broad SMARTS) is 2. The van der Waals surface area contributed by atoms with Gasteiger partial charge in [0, 0.05) is 6.08 Å². The van der Waals surface area contributed by atoms with Crippen LogP contribution in [0.1, 0.15) is 32.6 Å². The molecule has 21 heavy (non-hydrogen) atoms. The highest BCUT2D eigenvalue weighted by Crippen LogP contribution is 2.51. The molecule has 0 saturated carbocycles. The Morgan fingerprint density at radius 2 is 2.00 bits per heavy atom. The van der Waals surface area contributed by atoms with Gasteiger partial charge in [-0.2, -0.15) is 0 Å². The van der Waals surface area contributed by atoms with Crippen LogP contribution in [0, 0.1) is 10.8 Å². The Kier molecular flexibility index (Phi) is 5.29. The number of carbonyl (C=O) groups is 3. The van der Waals surface area contributed by atoms with Crippen molar-refractivity contribution in [3.63, 3.8) is 0 Å². The Morgan fingerprint density at radius 3 is 2.52 bits per heavy atom. The smallest absolute Gasteiger partial charge is 0.330 e. The maximum absolute atomic E-state index is 11.8. The van der Waals surface area contributed by atoms with E-state index in [1.54, 1.807) is 6.08 Å². The Balaban J connectivity index is 2.90. The highest BCUT2D eigenvalue weighted by Gasteiger charge is 2.57. The molecule has 1 aliphatic carbocycles. The quantitative estimate of drug-likeness (QED) is 0.322. The summed E-state index contributed by atoms with van der Waals surface area (Å²) in [4.78, 5) is 34.3. The standard InChI is InChI=1S/C15H20O6/c1-3-11(16)21-10-6-9-15(13(19)20)8-5-4-7-14(15,2)12(17)18/h3-4,7H,1,5-6,8-10H2,2H3,(H,17,18)(H,19,20). The van der Waals surface area contributed by atoms with Crippen LogP contribution in [0.25, 0.3) is 0 Å². The van der Waals surface area contributed by atoms with E-state index in [0.717, 1.165) is 6.08 Å². The van der Waals surface area contributed by atoms with Crippen molar-refractivity contribution in [2.75, 3.05) is 6.61 Å². The summed E-state index contributed by atoms with van der Waals surface area (Å²) < 4.78 is 4.82. The lowest BCUT2D eigenvalue weighted by molar-refractivity contribution is -0.171. The molecule has 1 rings (SSSR count). The Morgan fingerprint density at radius 1 is 1.33 bits per heavy atom. The van der Waals surface area contributed by atoms with Gasteiger partial charge in [-0.05, 0) is 32.6 Å². The predicted octanol–water partition coefficient (Wildman–Crippen LogP) is 2.01. The van der Waals surface area contributed by atoms with Crippen LogP contribution >= 0.6 is 0 Å². The molecule has 0 heterocycles.